The van der Waals surface area contributed by atoms with Crippen LogP contribution in [0.3, 0.4) is 0 Å². The van der Waals surface area contributed by atoms with Crippen molar-refractivity contribution in [1.29, 1.82) is 0 Å². The van der Waals surface area contributed by atoms with Crippen molar-refractivity contribution in [3.8, 4) is 0 Å². The zero-order chi connectivity index (χ0) is 44.5. The normalized spacial score (nSPS) is 16.2. The Bertz CT molecular complexity index is 1780. The van der Waals surface area contributed by atoms with E-state index in [0.717, 1.165) is 0 Å². The molecule has 16 heteroatoms. The first-order valence-electron chi connectivity index (χ1n) is 18.9. The number of carbonyl (C=O) groups is 4. The molecule has 2 unspecified atom stereocenters. The number of ketones is 2. The predicted octanol–water partition coefficient (Wildman–Crippen LogP) is 0.000400. The van der Waals surface area contributed by atoms with E-state index in [1.54, 1.807) is 111 Å². The molecule has 0 aliphatic carbocycles. The summed E-state index contributed by atoms with van der Waals surface area (Å²) in [5.41, 5.74) is 3.24. The smallest absolute Gasteiger partial charge is 0.313 e. The molecule has 10 atom stereocenters. The van der Waals surface area contributed by atoms with Crippen molar-refractivity contribution in [2.24, 2.45) is 0 Å². The second-order valence-corrected chi connectivity index (χ2v) is 13.9. The summed E-state index contributed by atoms with van der Waals surface area (Å²) in [6, 6.07) is 30.6. The molecule has 0 saturated heterocycles. The fraction of sp³-hybridized carbons (Fsp3) is 0.364. The van der Waals surface area contributed by atoms with E-state index < -0.39 is 99.0 Å². The zero-order valence-electron chi connectivity index (χ0n) is 32.9. The molecule has 60 heavy (non-hydrogen) atoms. The molecule has 0 aliphatic rings. The average molecular weight is 837 g/mol. The van der Waals surface area contributed by atoms with Gasteiger partial charge in [0.1, 0.15) is 62.0 Å². The van der Waals surface area contributed by atoms with Crippen LogP contribution in [0.2, 0.25) is 0 Å². The van der Waals surface area contributed by atoms with Crippen LogP contribution < -0.4 is 0 Å². The van der Waals surface area contributed by atoms with Gasteiger partial charge in [-0.3, -0.25) is 19.2 Å². The monoisotopic (exact) mass is 836 g/mol. The van der Waals surface area contributed by atoms with Crippen LogP contribution in [0.5, 0.6) is 0 Å². The zero-order valence-corrected chi connectivity index (χ0v) is 32.9. The van der Waals surface area contributed by atoms with Crippen molar-refractivity contribution in [2.45, 2.75) is 74.5 Å². The summed E-state index contributed by atoms with van der Waals surface area (Å²) in [7, 11) is 0. The summed E-state index contributed by atoms with van der Waals surface area (Å²) in [6.07, 6.45) is -13.8. The Hall–Kier alpha value is -5.24. The molecule has 4 aromatic rings. The maximum Gasteiger partial charge on any atom is 0.313 e. The van der Waals surface area contributed by atoms with Gasteiger partial charge in [0.2, 0.25) is 0 Å². The second-order valence-electron chi connectivity index (χ2n) is 13.9. The average Bonchev–Trinajstić information content (AvgIpc) is 3.30. The van der Waals surface area contributed by atoms with Crippen molar-refractivity contribution in [3.63, 3.8) is 0 Å². The maximum atomic E-state index is 12.4. The van der Waals surface area contributed by atoms with Gasteiger partial charge in [-0.25, -0.2) is 0 Å². The van der Waals surface area contributed by atoms with E-state index in [2.05, 4.69) is 0 Å². The highest BCUT2D eigenvalue weighted by atomic mass is 16.6. The number of ether oxygens (including phenoxy) is 2. The number of aliphatic hydroxyl groups is 10. The molecule has 0 saturated carbocycles. The van der Waals surface area contributed by atoms with Gasteiger partial charge in [-0.1, -0.05) is 109 Å². The molecule has 10 N–H and O–H groups in total. The van der Waals surface area contributed by atoms with E-state index in [1.807, 2.05) is 12.1 Å². The van der Waals surface area contributed by atoms with Crippen molar-refractivity contribution in [2.75, 3.05) is 26.4 Å². The topological polar surface area (TPSA) is 289 Å². The lowest BCUT2D eigenvalue weighted by atomic mass is 9.97. The first-order valence-corrected chi connectivity index (χ1v) is 18.9. The molecular formula is C44H52O16. The number of carbonyl (C=O) groups excluding carboxylic acids is 4. The predicted molar refractivity (Wildman–Crippen MR) is 214 cm³/mol. The van der Waals surface area contributed by atoms with Gasteiger partial charge in [0.25, 0.3) is 0 Å². The summed E-state index contributed by atoms with van der Waals surface area (Å²) >= 11 is 0. The van der Waals surface area contributed by atoms with Gasteiger partial charge in [0, 0.05) is 22.3 Å². The summed E-state index contributed by atoms with van der Waals surface area (Å²) in [6.45, 7) is 0.358. The third kappa shape index (κ3) is 13.9. The Morgan fingerprint density at radius 3 is 0.967 bits per heavy atom. The molecule has 16 nitrogen and oxygen atoms in total. The van der Waals surface area contributed by atoms with Crippen LogP contribution in [0.25, 0.3) is 0 Å². The van der Waals surface area contributed by atoms with Crippen LogP contribution in [0, 0.1) is 0 Å². The molecule has 0 fully saturated rings. The van der Waals surface area contributed by atoms with Gasteiger partial charge < -0.3 is 60.5 Å². The summed E-state index contributed by atoms with van der Waals surface area (Å²) in [5, 5.41) is 94.4. The van der Waals surface area contributed by atoms with E-state index in [1.165, 1.54) is 0 Å². The van der Waals surface area contributed by atoms with E-state index in [4.69, 9.17) is 19.7 Å². The molecule has 4 rings (SSSR count). The standard InChI is InChI=1S/2C22H26O8/c2*1-13(22(29)30-12-18(25)21(28)20(27)17(24)11-23)14-7-9-16(10-8-14)19(26)15-5-3-2-4-6-15/h2*2-10,13,17-18,20-21,23-25,27-28H,11-12H2,1H3/t13?,17-,18+,20+,21+;13?,17-,18+,20-,21-/m01/s1. The van der Waals surface area contributed by atoms with Crippen LogP contribution in [-0.4, -0.2) is 150 Å². The Morgan fingerprint density at radius 1 is 0.417 bits per heavy atom. The largest absolute Gasteiger partial charge is 0.462 e. The third-order valence-corrected chi connectivity index (χ3v) is 9.57. The molecular weight excluding hydrogens is 784 g/mol. The highest BCUT2D eigenvalue weighted by molar-refractivity contribution is 6.09. The van der Waals surface area contributed by atoms with Crippen LogP contribution in [0.15, 0.2) is 109 Å². The molecule has 0 bridgehead atoms. The Balaban J connectivity index is 0.000000320. The number of aliphatic hydroxyl groups excluding tert-OH is 10. The molecule has 0 spiro atoms. The van der Waals surface area contributed by atoms with Crippen molar-refractivity contribution in [1.82, 2.24) is 0 Å². The number of hydrogen-bond acceptors (Lipinski definition) is 16. The van der Waals surface area contributed by atoms with Gasteiger partial charge >= 0.3 is 11.9 Å². The maximum absolute atomic E-state index is 12.4. The summed E-state index contributed by atoms with van der Waals surface area (Å²) in [4.78, 5) is 49.3. The van der Waals surface area contributed by atoms with Crippen molar-refractivity contribution in [3.05, 3.63) is 143 Å². The number of esters is 2. The van der Waals surface area contributed by atoms with E-state index in [-0.39, 0.29) is 11.6 Å². The fourth-order valence-electron chi connectivity index (χ4n) is 5.54. The number of benzene rings is 4. The molecule has 0 heterocycles. The summed E-state index contributed by atoms with van der Waals surface area (Å²) in [5.74, 6) is -3.05. The minimum absolute atomic E-state index is 0.141. The van der Waals surface area contributed by atoms with Gasteiger partial charge in [-0.2, -0.15) is 0 Å². The van der Waals surface area contributed by atoms with Gasteiger partial charge in [0.05, 0.1) is 25.0 Å². The van der Waals surface area contributed by atoms with Crippen LogP contribution in [0.1, 0.15) is 68.7 Å². The molecule has 0 radical (unpaired) electrons. The Morgan fingerprint density at radius 2 is 0.683 bits per heavy atom. The van der Waals surface area contributed by atoms with Crippen LogP contribution in [-0.2, 0) is 19.1 Å². The van der Waals surface area contributed by atoms with E-state index >= 15 is 0 Å². The highest BCUT2D eigenvalue weighted by Gasteiger charge is 2.32. The minimum atomic E-state index is -1.81. The number of hydrogen-bond donors (Lipinski definition) is 10. The van der Waals surface area contributed by atoms with Crippen molar-refractivity contribution < 1.29 is 79.7 Å². The second kappa shape index (κ2) is 24.1. The van der Waals surface area contributed by atoms with Crippen LogP contribution in [0.4, 0.5) is 0 Å². The molecule has 324 valence electrons. The lowest BCUT2D eigenvalue weighted by molar-refractivity contribution is -0.158. The molecule has 0 amide bonds. The quantitative estimate of drug-likeness (QED) is 0.0414. The molecule has 0 aromatic heterocycles. The Labute approximate surface area is 346 Å². The first kappa shape index (κ1) is 49.1. The lowest BCUT2D eigenvalue weighted by Gasteiger charge is -2.25. The number of rotatable bonds is 20. The lowest BCUT2D eigenvalue weighted by Crippen LogP contribution is -2.47. The van der Waals surface area contributed by atoms with Gasteiger partial charge in [-0.15, -0.1) is 0 Å². The van der Waals surface area contributed by atoms with Crippen molar-refractivity contribution >= 4 is 23.5 Å². The van der Waals surface area contributed by atoms with Crippen LogP contribution >= 0.6 is 0 Å². The fourth-order valence-corrected chi connectivity index (χ4v) is 5.54. The SMILES string of the molecule is CC(C(=O)OC[C@@H](O)[C@@H](O)[C@H](O)[C@@H](O)CO)c1ccc(C(=O)c2ccccc2)cc1.CC(C(=O)OC[C@H](O)[C@@H](O)[C@H](O)[C@H](O)CO)c1ccc(C(=O)c2ccccc2)cc1. The molecule has 4 aromatic carbocycles. The minimum Gasteiger partial charge on any atom is -0.462 e. The van der Waals surface area contributed by atoms with E-state index in [0.29, 0.717) is 33.4 Å². The summed E-state index contributed by atoms with van der Waals surface area (Å²) < 4.78 is 9.96. The first-order chi connectivity index (χ1) is 28.5. The highest BCUT2D eigenvalue weighted by Crippen LogP contribution is 2.21. The van der Waals surface area contributed by atoms with Gasteiger partial charge in [0.15, 0.2) is 11.6 Å². The van der Waals surface area contributed by atoms with E-state index in [9.17, 15) is 60.0 Å². The molecule has 0 aliphatic heterocycles. The Kier molecular flexibility index (Phi) is 19.8. The third-order valence-electron chi connectivity index (χ3n) is 9.57. The van der Waals surface area contributed by atoms with Gasteiger partial charge in [-0.05, 0) is 25.0 Å².